The minimum atomic E-state index is 0.633. The third-order valence-corrected chi connectivity index (χ3v) is 2.42. The summed E-state index contributed by atoms with van der Waals surface area (Å²) in [5, 5.41) is 6.34. The Kier molecular flexibility index (Phi) is 5.43. The van der Waals surface area contributed by atoms with Crippen LogP contribution in [0, 0.1) is 0 Å². The minimum absolute atomic E-state index is 0.633. The predicted octanol–water partition coefficient (Wildman–Crippen LogP) is 1.32. The molecule has 0 aliphatic heterocycles. The number of nitrogens with one attached hydrogen (secondary N) is 2. The maximum Gasteiger partial charge on any atom is 0.0573 e. The number of hydrogen-bond acceptors (Lipinski definition) is 3. The lowest BCUT2D eigenvalue weighted by Gasteiger charge is -2.11. The zero-order chi connectivity index (χ0) is 11.8. The van der Waals surface area contributed by atoms with E-state index >= 15 is 0 Å². The second kappa shape index (κ2) is 6.90. The van der Waals surface area contributed by atoms with E-state index in [-0.39, 0.29) is 0 Å². The Morgan fingerprint density at radius 1 is 1.31 bits per heavy atom. The molecule has 0 unspecified atom stereocenters. The van der Waals surface area contributed by atoms with Crippen molar-refractivity contribution in [2.45, 2.75) is 13.3 Å². The number of benzene rings is 1. The molecule has 0 atom stereocenters. The molecular formula is C13H21N3. The van der Waals surface area contributed by atoms with Crippen LogP contribution in [0.4, 0.5) is 0 Å². The predicted molar refractivity (Wildman–Crippen MR) is 69.9 cm³/mol. The third-order valence-electron chi connectivity index (χ3n) is 2.42. The Hall–Kier alpha value is -1.48. The van der Waals surface area contributed by atoms with Crippen LogP contribution < -0.4 is 16.4 Å². The molecule has 0 amide bonds. The maximum absolute atomic E-state index is 5.49. The zero-order valence-corrected chi connectivity index (χ0v) is 10.1. The average molecular weight is 219 g/mol. The van der Waals surface area contributed by atoms with Crippen molar-refractivity contribution in [3.63, 3.8) is 0 Å². The lowest BCUT2D eigenvalue weighted by atomic mass is 10.1. The van der Waals surface area contributed by atoms with Crippen LogP contribution in [0.1, 0.15) is 18.1 Å². The fourth-order valence-electron chi connectivity index (χ4n) is 1.51. The Labute approximate surface area is 97.7 Å². The molecule has 0 aromatic heterocycles. The molecule has 0 saturated heterocycles. The fourth-order valence-corrected chi connectivity index (χ4v) is 1.51. The maximum atomic E-state index is 5.49. The molecule has 88 valence electrons. The van der Waals surface area contributed by atoms with Gasteiger partial charge in [0.1, 0.15) is 0 Å². The Morgan fingerprint density at radius 3 is 2.50 bits per heavy atom. The third kappa shape index (κ3) is 3.59. The molecule has 0 bridgehead atoms. The molecule has 0 aliphatic rings. The summed E-state index contributed by atoms with van der Waals surface area (Å²) in [6.07, 6.45) is 3.03. The van der Waals surface area contributed by atoms with E-state index in [9.17, 15) is 0 Å². The second-order valence-corrected chi connectivity index (χ2v) is 3.61. The number of rotatable bonds is 6. The fraction of sp³-hybridized carbons (Fsp3) is 0.385. The summed E-state index contributed by atoms with van der Waals surface area (Å²) in [5.74, 6) is 0. The van der Waals surface area contributed by atoms with Crippen molar-refractivity contribution >= 4 is 5.70 Å². The van der Waals surface area contributed by atoms with Crippen LogP contribution in [0.25, 0.3) is 5.70 Å². The molecule has 0 fully saturated rings. The molecule has 0 radical (unpaired) electrons. The number of aryl methyl sites for hydroxylation is 1. The van der Waals surface area contributed by atoms with Crippen molar-refractivity contribution in [3.8, 4) is 0 Å². The molecule has 4 N–H and O–H groups in total. The van der Waals surface area contributed by atoms with Crippen LogP contribution in [0.3, 0.4) is 0 Å². The largest absolute Gasteiger partial charge is 0.392 e. The molecular weight excluding hydrogens is 198 g/mol. The van der Waals surface area contributed by atoms with Gasteiger partial charge in [-0.2, -0.15) is 0 Å². The van der Waals surface area contributed by atoms with Gasteiger partial charge in [0, 0.05) is 26.3 Å². The van der Waals surface area contributed by atoms with Crippen LogP contribution in [0.5, 0.6) is 0 Å². The number of nitrogens with two attached hydrogens (primary N) is 1. The van der Waals surface area contributed by atoms with Crippen molar-refractivity contribution in [1.29, 1.82) is 0 Å². The van der Waals surface area contributed by atoms with E-state index in [0.717, 1.165) is 18.7 Å². The van der Waals surface area contributed by atoms with E-state index in [1.807, 2.05) is 13.2 Å². The van der Waals surface area contributed by atoms with Gasteiger partial charge in [0.2, 0.25) is 0 Å². The van der Waals surface area contributed by atoms with Crippen molar-refractivity contribution in [2.75, 3.05) is 20.1 Å². The SMILES string of the molecule is CCc1ccc(/C(=C/NC)NCCN)cc1. The molecule has 1 aromatic carbocycles. The van der Waals surface area contributed by atoms with Crippen molar-refractivity contribution in [2.24, 2.45) is 5.73 Å². The monoisotopic (exact) mass is 219 g/mol. The molecule has 0 heterocycles. The van der Waals surface area contributed by atoms with E-state index in [1.165, 1.54) is 11.1 Å². The van der Waals surface area contributed by atoms with Gasteiger partial charge in [0.15, 0.2) is 0 Å². The summed E-state index contributed by atoms with van der Waals surface area (Å²) in [5.41, 5.74) is 9.10. The first-order chi connectivity index (χ1) is 7.81. The lowest BCUT2D eigenvalue weighted by molar-refractivity contribution is 0.851. The summed E-state index contributed by atoms with van der Waals surface area (Å²) in [7, 11) is 1.89. The minimum Gasteiger partial charge on any atom is -0.392 e. The van der Waals surface area contributed by atoms with Gasteiger partial charge >= 0.3 is 0 Å². The molecule has 16 heavy (non-hydrogen) atoms. The highest BCUT2D eigenvalue weighted by atomic mass is 14.9. The van der Waals surface area contributed by atoms with Gasteiger partial charge in [-0.05, 0) is 17.5 Å². The normalized spacial score (nSPS) is 11.3. The Morgan fingerprint density at radius 2 is 2.00 bits per heavy atom. The topological polar surface area (TPSA) is 50.1 Å². The van der Waals surface area contributed by atoms with E-state index < -0.39 is 0 Å². The molecule has 0 spiro atoms. The van der Waals surface area contributed by atoms with E-state index in [2.05, 4.69) is 41.8 Å². The summed E-state index contributed by atoms with van der Waals surface area (Å²) in [4.78, 5) is 0. The lowest BCUT2D eigenvalue weighted by Crippen LogP contribution is -2.22. The van der Waals surface area contributed by atoms with E-state index in [1.54, 1.807) is 0 Å². The van der Waals surface area contributed by atoms with Gasteiger partial charge in [-0.25, -0.2) is 0 Å². The molecule has 0 aliphatic carbocycles. The van der Waals surface area contributed by atoms with Crippen LogP contribution in [-0.4, -0.2) is 20.1 Å². The van der Waals surface area contributed by atoms with Crippen molar-refractivity contribution in [3.05, 3.63) is 41.6 Å². The van der Waals surface area contributed by atoms with Gasteiger partial charge in [-0.3, -0.25) is 0 Å². The Balaban J connectivity index is 2.80. The molecule has 3 heteroatoms. The molecule has 0 saturated carbocycles. The first kappa shape index (κ1) is 12.6. The van der Waals surface area contributed by atoms with Gasteiger partial charge < -0.3 is 16.4 Å². The first-order valence-corrected chi connectivity index (χ1v) is 5.72. The summed E-state index contributed by atoms with van der Waals surface area (Å²) in [6.45, 7) is 3.57. The second-order valence-electron chi connectivity index (χ2n) is 3.61. The molecule has 1 rings (SSSR count). The zero-order valence-electron chi connectivity index (χ0n) is 10.1. The number of hydrogen-bond donors (Lipinski definition) is 3. The summed E-state index contributed by atoms with van der Waals surface area (Å²) in [6, 6.07) is 8.57. The van der Waals surface area contributed by atoms with Gasteiger partial charge in [-0.15, -0.1) is 0 Å². The van der Waals surface area contributed by atoms with Crippen LogP contribution in [0.15, 0.2) is 30.5 Å². The van der Waals surface area contributed by atoms with Crippen molar-refractivity contribution < 1.29 is 0 Å². The Bertz CT molecular complexity index is 328. The van der Waals surface area contributed by atoms with Gasteiger partial charge in [0.05, 0.1) is 5.70 Å². The van der Waals surface area contributed by atoms with Gasteiger partial charge in [0.25, 0.3) is 0 Å². The van der Waals surface area contributed by atoms with E-state index in [4.69, 9.17) is 5.73 Å². The van der Waals surface area contributed by atoms with Gasteiger partial charge in [-0.1, -0.05) is 31.2 Å². The highest BCUT2D eigenvalue weighted by Crippen LogP contribution is 2.12. The highest BCUT2D eigenvalue weighted by Gasteiger charge is 1.99. The summed E-state index contributed by atoms with van der Waals surface area (Å²) >= 11 is 0. The van der Waals surface area contributed by atoms with Crippen molar-refractivity contribution in [1.82, 2.24) is 10.6 Å². The molecule has 3 nitrogen and oxygen atoms in total. The average Bonchev–Trinajstić information content (AvgIpc) is 2.35. The van der Waals surface area contributed by atoms with Crippen LogP contribution in [0.2, 0.25) is 0 Å². The first-order valence-electron chi connectivity index (χ1n) is 5.72. The highest BCUT2D eigenvalue weighted by molar-refractivity contribution is 5.63. The molecule has 1 aromatic rings. The standard InChI is InChI=1S/C13H21N3/c1-3-11-4-6-12(7-5-11)13(10-15-2)16-9-8-14/h4-7,10,15-16H,3,8-9,14H2,1-2H3/b13-10-. The smallest absolute Gasteiger partial charge is 0.0573 e. The van der Waals surface area contributed by atoms with Crippen LogP contribution >= 0.6 is 0 Å². The van der Waals surface area contributed by atoms with Crippen LogP contribution in [-0.2, 0) is 6.42 Å². The quantitative estimate of drug-likeness (QED) is 0.676. The summed E-state index contributed by atoms with van der Waals surface area (Å²) < 4.78 is 0. The van der Waals surface area contributed by atoms with E-state index in [0.29, 0.717) is 6.54 Å².